The Balaban J connectivity index is 3.17. The number of hydrogen-bond acceptors (Lipinski definition) is 2. The van der Waals surface area contributed by atoms with Gasteiger partial charge in [0.2, 0.25) is 0 Å². The molecule has 1 unspecified atom stereocenters. The second-order valence-electron chi connectivity index (χ2n) is 4.28. The summed E-state index contributed by atoms with van der Waals surface area (Å²) in [4.78, 5) is 10.5. The van der Waals surface area contributed by atoms with E-state index in [0.717, 1.165) is 25.7 Å². The van der Waals surface area contributed by atoms with Crippen LogP contribution in [0.5, 0.6) is 0 Å². The monoisotopic (exact) mass is 248 g/mol. The summed E-state index contributed by atoms with van der Waals surface area (Å²) < 4.78 is 4.85. The minimum atomic E-state index is -0.193. The number of rotatable bonds is 10. The molecule has 0 aromatic rings. The first-order chi connectivity index (χ1) is 7.66. The highest BCUT2D eigenvalue weighted by Crippen LogP contribution is 2.15. The van der Waals surface area contributed by atoms with Gasteiger partial charge in [-0.25, -0.2) is 0 Å². The zero-order chi connectivity index (χ0) is 12.2. The van der Waals surface area contributed by atoms with E-state index in [1.807, 2.05) is 0 Å². The summed E-state index contributed by atoms with van der Waals surface area (Å²) >= 11 is 6.19. The first-order valence-corrected chi connectivity index (χ1v) is 6.88. The van der Waals surface area contributed by atoms with Crippen LogP contribution in [0.25, 0.3) is 0 Å². The van der Waals surface area contributed by atoms with Crippen LogP contribution in [0.2, 0.25) is 0 Å². The molecule has 0 saturated heterocycles. The van der Waals surface area contributed by atoms with Crippen LogP contribution in [-0.2, 0) is 9.53 Å². The van der Waals surface area contributed by atoms with Gasteiger partial charge in [-0.15, -0.1) is 11.6 Å². The topological polar surface area (TPSA) is 26.3 Å². The molecule has 0 rings (SSSR count). The van der Waals surface area contributed by atoms with Gasteiger partial charge >= 0.3 is 5.97 Å². The van der Waals surface area contributed by atoms with E-state index in [4.69, 9.17) is 16.3 Å². The second-order valence-corrected chi connectivity index (χ2v) is 4.90. The maximum absolute atomic E-state index is 10.5. The lowest BCUT2D eigenvalue weighted by molar-refractivity contribution is -0.141. The highest BCUT2D eigenvalue weighted by Gasteiger charge is 2.04. The molecule has 0 saturated carbocycles. The minimum Gasteiger partial charge on any atom is -0.466 e. The van der Waals surface area contributed by atoms with Crippen LogP contribution >= 0.6 is 11.6 Å². The molecule has 0 aliphatic carbocycles. The molecule has 0 radical (unpaired) electrons. The highest BCUT2D eigenvalue weighted by atomic mass is 35.5. The Morgan fingerprint density at radius 3 is 2.31 bits per heavy atom. The molecule has 0 heterocycles. The van der Waals surface area contributed by atoms with Crippen molar-refractivity contribution >= 4 is 17.6 Å². The Morgan fingerprint density at radius 1 is 1.12 bits per heavy atom. The molecule has 96 valence electrons. The van der Waals surface area contributed by atoms with Crippen LogP contribution in [0.3, 0.4) is 0 Å². The van der Waals surface area contributed by atoms with Crippen molar-refractivity contribution in [1.29, 1.82) is 0 Å². The van der Waals surface area contributed by atoms with Crippen molar-refractivity contribution in [1.82, 2.24) is 0 Å². The molecule has 0 aromatic heterocycles. The summed E-state index contributed by atoms with van der Waals surface area (Å²) in [7, 11) is 0. The van der Waals surface area contributed by atoms with Crippen molar-refractivity contribution in [2.24, 2.45) is 0 Å². The van der Waals surface area contributed by atoms with Crippen LogP contribution in [-0.4, -0.2) is 18.0 Å². The molecule has 2 nitrogen and oxygen atoms in total. The molecule has 0 fully saturated rings. The van der Waals surface area contributed by atoms with Crippen molar-refractivity contribution < 1.29 is 9.53 Å². The third-order valence-electron chi connectivity index (χ3n) is 2.59. The van der Waals surface area contributed by atoms with Gasteiger partial charge in [0.25, 0.3) is 0 Å². The standard InChI is InChI=1S/C13H25ClO2/c1-3-4-5-6-9-13(14)10-7-8-11-16-12(2)15/h13H,3-11H2,1-2H3. The van der Waals surface area contributed by atoms with Crippen LogP contribution in [0.4, 0.5) is 0 Å². The van der Waals surface area contributed by atoms with Gasteiger partial charge in [0.05, 0.1) is 6.61 Å². The molecule has 0 N–H and O–H groups in total. The van der Waals surface area contributed by atoms with Gasteiger partial charge in [0.15, 0.2) is 0 Å². The largest absolute Gasteiger partial charge is 0.466 e. The van der Waals surface area contributed by atoms with Gasteiger partial charge in [-0.1, -0.05) is 32.6 Å². The quantitative estimate of drug-likeness (QED) is 0.327. The SMILES string of the molecule is CCCCCCC(Cl)CCCCOC(C)=O. The molecule has 0 spiro atoms. The summed E-state index contributed by atoms with van der Waals surface area (Å²) in [6.45, 7) is 4.19. The molecule has 16 heavy (non-hydrogen) atoms. The number of alkyl halides is 1. The predicted octanol–water partition coefficient (Wildman–Crippen LogP) is 4.30. The number of esters is 1. The number of carbonyl (C=O) groups is 1. The molecule has 0 aliphatic heterocycles. The maximum Gasteiger partial charge on any atom is 0.302 e. The van der Waals surface area contributed by atoms with E-state index in [1.54, 1.807) is 0 Å². The Morgan fingerprint density at radius 2 is 1.75 bits per heavy atom. The molecule has 0 amide bonds. The van der Waals surface area contributed by atoms with Crippen LogP contribution < -0.4 is 0 Å². The van der Waals surface area contributed by atoms with Crippen molar-refractivity contribution in [3.8, 4) is 0 Å². The van der Waals surface area contributed by atoms with E-state index < -0.39 is 0 Å². The Labute approximate surface area is 105 Å². The van der Waals surface area contributed by atoms with Gasteiger partial charge in [0.1, 0.15) is 0 Å². The molecule has 1 atom stereocenters. The molecule has 0 aliphatic rings. The van der Waals surface area contributed by atoms with E-state index in [-0.39, 0.29) is 5.97 Å². The predicted molar refractivity (Wildman–Crippen MR) is 68.9 cm³/mol. The average molecular weight is 249 g/mol. The zero-order valence-electron chi connectivity index (χ0n) is 10.6. The number of ether oxygens (including phenoxy) is 1. The first kappa shape index (κ1) is 15.8. The minimum absolute atomic E-state index is 0.193. The van der Waals surface area contributed by atoms with Crippen molar-refractivity contribution in [2.45, 2.75) is 70.6 Å². The first-order valence-electron chi connectivity index (χ1n) is 6.44. The molecule has 3 heteroatoms. The molecule has 0 aromatic carbocycles. The lowest BCUT2D eigenvalue weighted by atomic mass is 10.1. The Kier molecular flexibility index (Phi) is 11.1. The van der Waals surface area contributed by atoms with Crippen molar-refractivity contribution in [3.05, 3.63) is 0 Å². The fourth-order valence-corrected chi connectivity index (χ4v) is 1.93. The van der Waals surface area contributed by atoms with Gasteiger partial charge in [-0.3, -0.25) is 4.79 Å². The molecule has 0 bridgehead atoms. The molecular weight excluding hydrogens is 224 g/mol. The highest BCUT2D eigenvalue weighted by molar-refractivity contribution is 6.20. The Bertz CT molecular complexity index is 171. The molecular formula is C13H25ClO2. The number of hydrogen-bond donors (Lipinski definition) is 0. The van der Waals surface area contributed by atoms with Gasteiger partial charge in [0, 0.05) is 12.3 Å². The van der Waals surface area contributed by atoms with E-state index in [1.165, 1.54) is 32.6 Å². The van der Waals surface area contributed by atoms with Crippen LogP contribution in [0, 0.1) is 0 Å². The zero-order valence-corrected chi connectivity index (χ0v) is 11.4. The van der Waals surface area contributed by atoms with E-state index >= 15 is 0 Å². The fraction of sp³-hybridized carbons (Fsp3) is 0.923. The van der Waals surface area contributed by atoms with Gasteiger partial charge < -0.3 is 4.74 Å². The number of unbranched alkanes of at least 4 members (excludes halogenated alkanes) is 4. The number of halogens is 1. The summed E-state index contributed by atoms with van der Waals surface area (Å²) in [5, 5.41) is 0.300. The van der Waals surface area contributed by atoms with E-state index in [2.05, 4.69) is 6.92 Å². The lowest BCUT2D eigenvalue weighted by Crippen LogP contribution is -2.03. The van der Waals surface area contributed by atoms with Crippen LogP contribution in [0.15, 0.2) is 0 Å². The normalized spacial score (nSPS) is 12.4. The smallest absolute Gasteiger partial charge is 0.302 e. The van der Waals surface area contributed by atoms with E-state index in [0.29, 0.717) is 12.0 Å². The van der Waals surface area contributed by atoms with E-state index in [9.17, 15) is 4.79 Å². The summed E-state index contributed by atoms with van der Waals surface area (Å²) in [5.74, 6) is -0.193. The summed E-state index contributed by atoms with van der Waals surface area (Å²) in [5.41, 5.74) is 0. The lowest BCUT2D eigenvalue weighted by Gasteiger charge is -2.08. The summed E-state index contributed by atoms with van der Waals surface area (Å²) in [6, 6.07) is 0. The van der Waals surface area contributed by atoms with Crippen LogP contribution in [0.1, 0.15) is 65.2 Å². The van der Waals surface area contributed by atoms with Crippen molar-refractivity contribution in [3.63, 3.8) is 0 Å². The van der Waals surface area contributed by atoms with Crippen molar-refractivity contribution in [2.75, 3.05) is 6.61 Å². The second kappa shape index (κ2) is 11.3. The maximum atomic E-state index is 10.5. The fourth-order valence-electron chi connectivity index (χ4n) is 1.62. The van der Waals surface area contributed by atoms with Gasteiger partial charge in [-0.2, -0.15) is 0 Å². The average Bonchev–Trinajstić information content (AvgIpc) is 2.23. The Hall–Kier alpha value is -0.240. The number of carbonyl (C=O) groups excluding carboxylic acids is 1. The third kappa shape index (κ3) is 11.8. The summed E-state index contributed by atoms with van der Waals surface area (Å²) in [6.07, 6.45) is 9.27. The third-order valence-corrected chi connectivity index (χ3v) is 3.02. The van der Waals surface area contributed by atoms with Gasteiger partial charge in [-0.05, 0) is 25.7 Å².